The van der Waals surface area contributed by atoms with Gasteiger partial charge < -0.3 is 15.5 Å². The molecule has 0 aliphatic heterocycles. The van der Waals surface area contributed by atoms with Crippen LogP contribution in [0.25, 0.3) is 0 Å². The van der Waals surface area contributed by atoms with Crippen LogP contribution in [0.5, 0.6) is 0 Å². The molecule has 26 heavy (non-hydrogen) atoms. The summed E-state index contributed by atoms with van der Waals surface area (Å²) >= 11 is 3.04. The Morgan fingerprint density at radius 1 is 1.38 bits per heavy atom. The van der Waals surface area contributed by atoms with Crippen molar-refractivity contribution in [3.63, 3.8) is 0 Å². The number of rotatable bonds is 5. The van der Waals surface area contributed by atoms with Gasteiger partial charge in [0.15, 0.2) is 5.78 Å². The SMILES string of the molecule is CC(CC1(C#N)CCC(O)(C(=O)c2cccc(F)c2Br)CC1)NC(=O)O. The lowest BCUT2D eigenvalue weighted by Gasteiger charge is -2.40. The Labute approximate surface area is 159 Å². The number of nitrogens with zero attached hydrogens (tertiary/aromatic N) is 1. The minimum atomic E-state index is -1.67. The van der Waals surface area contributed by atoms with E-state index in [1.807, 2.05) is 0 Å². The van der Waals surface area contributed by atoms with Crippen molar-refractivity contribution in [3.05, 3.63) is 34.1 Å². The highest BCUT2D eigenvalue weighted by Gasteiger charge is 2.47. The average molecular weight is 427 g/mol. The molecule has 2 rings (SSSR count). The first-order chi connectivity index (χ1) is 12.1. The Bertz CT molecular complexity index is 754. The van der Waals surface area contributed by atoms with Crippen molar-refractivity contribution in [2.45, 2.75) is 50.7 Å². The molecule has 0 heterocycles. The molecule has 1 unspecified atom stereocenters. The molecule has 0 aromatic heterocycles. The standard InChI is InChI=1S/C18H20BrFN2O4/c1-11(22-16(24)25)9-17(10-21)5-7-18(26,8-6-17)15(23)12-3-2-4-13(20)14(12)19/h2-4,11,22,26H,5-9H2,1H3,(H,24,25). The van der Waals surface area contributed by atoms with E-state index in [9.17, 15) is 24.3 Å². The van der Waals surface area contributed by atoms with E-state index in [2.05, 4.69) is 27.3 Å². The summed E-state index contributed by atoms with van der Waals surface area (Å²) in [6, 6.07) is 5.87. The van der Waals surface area contributed by atoms with Gasteiger partial charge in [0, 0.05) is 11.6 Å². The summed E-state index contributed by atoms with van der Waals surface area (Å²) in [5, 5.41) is 31.5. The number of carboxylic acid groups (broad SMARTS) is 1. The van der Waals surface area contributed by atoms with Crippen LogP contribution in [0.4, 0.5) is 9.18 Å². The minimum Gasteiger partial charge on any atom is -0.465 e. The zero-order valence-corrected chi connectivity index (χ0v) is 15.8. The molecule has 1 aliphatic carbocycles. The van der Waals surface area contributed by atoms with Crippen molar-refractivity contribution in [1.29, 1.82) is 5.26 Å². The highest BCUT2D eigenvalue weighted by Crippen LogP contribution is 2.45. The van der Waals surface area contributed by atoms with Crippen LogP contribution >= 0.6 is 15.9 Å². The van der Waals surface area contributed by atoms with E-state index < -0.39 is 34.8 Å². The van der Waals surface area contributed by atoms with Crippen LogP contribution in [0, 0.1) is 22.6 Å². The van der Waals surface area contributed by atoms with Crippen LogP contribution < -0.4 is 5.32 Å². The van der Waals surface area contributed by atoms with Crippen LogP contribution in [-0.4, -0.2) is 33.7 Å². The van der Waals surface area contributed by atoms with Crippen molar-refractivity contribution in [3.8, 4) is 6.07 Å². The van der Waals surface area contributed by atoms with Crippen LogP contribution in [-0.2, 0) is 0 Å². The molecule has 140 valence electrons. The van der Waals surface area contributed by atoms with E-state index in [1.165, 1.54) is 18.2 Å². The minimum absolute atomic E-state index is 0.00910. The predicted molar refractivity (Wildman–Crippen MR) is 95.1 cm³/mol. The molecule has 1 amide bonds. The first-order valence-electron chi connectivity index (χ1n) is 8.24. The molecule has 0 spiro atoms. The fraction of sp³-hybridized carbons (Fsp3) is 0.500. The Morgan fingerprint density at radius 3 is 2.54 bits per heavy atom. The second-order valence-electron chi connectivity index (χ2n) is 6.91. The van der Waals surface area contributed by atoms with Gasteiger partial charge in [-0.05, 0) is 67.1 Å². The normalized spacial score (nSPS) is 26.6. The number of carbonyl (C=O) groups excluding carboxylic acids is 1. The van der Waals surface area contributed by atoms with Crippen LogP contribution in [0.3, 0.4) is 0 Å². The second kappa shape index (κ2) is 7.72. The predicted octanol–water partition coefficient (Wildman–Crippen LogP) is 3.63. The third-order valence-electron chi connectivity index (χ3n) is 4.96. The maximum absolute atomic E-state index is 13.7. The van der Waals surface area contributed by atoms with Crippen molar-refractivity contribution in [2.24, 2.45) is 5.41 Å². The molecular weight excluding hydrogens is 407 g/mol. The van der Waals surface area contributed by atoms with Crippen molar-refractivity contribution in [2.75, 3.05) is 0 Å². The van der Waals surface area contributed by atoms with Gasteiger partial charge in [0.2, 0.25) is 0 Å². The lowest BCUT2D eigenvalue weighted by molar-refractivity contribution is -0.00880. The number of hydrogen-bond donors (Lipinski definition) is 3. The summed E-state index contributed by atoms with van der Waals surface area (Å²) in [6.07, 6.45) is -0.244. The number of ketones is 1. The molecule has 1 saturated carbocycles. The molecule has 8 heteroatoms. The van der Waals surface area contributed by atoms with Gasteiger partial charge in [-0.15, -0.1) is 0 Å². The van der Waals surface area contributed by atoms with E-state index in [4.69, 9.17) is 5.11 Å². The number of carbonyl (C=O) groups is 2. The largest absolute Gasteiger partial charge is 0.465 e. The number of hydrogen-bond acceptors (Lipinski definition) is 4. The van der Waals surface area contributed by atoms with Gasteiger partial charge in [-0.25, -0.2) is 9.18 Å². The van der Waals surface area contributed by atoms with E-state index in [1.54, 1.807) is 6.92 Å². The highest BCUT2D eigenvalue weighted by atomic mass is 79.9. The quantitative estimate of drug-likeness (QED) is 0.622. The highest BCUT2D eigenvalue weighted by molar-refractivity contribution is 9.10. The van der Waals surface area contributed by atoms with E-state index in [0.717, 1.165) is 0 Å². The third-order valence-corrected chi connectivity index (χ3v) is 5.76. The van der Waals surface area contributed by atoms with Gasteiger partial charge in [-0.1, -0.05) is 6.07 Å². The topological polar surface area (TPSA) is 110 Å². The fourth-order valence-electron chi connectivity index (χ4n) is 3.51. The molecule has 1 atom stereocenters. The van der Waals surface area contributed by atoms with Crippen molar-refractivity contribution >= 4 is 27.8 Å². The van der Waals surface area contributed by atoms with Crippen LogP contribution in [0.1, 0.15) is 49.4 Å². The van der Waals surface area contributed by atoms with Crippen molar-refractivity contribution < 1.29 is 24.2 Å². The molecule has 0 bridgehead atoms. The number of amides is 1. The van der Waals surface area contributed by atoms with Gasteiger partial charge in [-0.3, -0.25) is 4.79 Å². The molecular formula is C18H20BrFN2O4. The number of Topliss-reactive ketones (excluding diaryl/α,β-unsaturated/α-hetero) is 1. The van der Waals surface area contributed by atoms with E-state index >= 15 is 0 Å². The molecule has 0 radical (unpaired) electrons. The summed E-state index contributed by atoms with van der Waals surface area (Å²) in [7, 11) is 0. The zero-order chi connectivity index (χ0) is 19.5. The molecule has 6 nitrogen and oxygen atoms in total. The Hall–Kier alpha value is -1.98. The summed E-state index contributed by atoms with van der Waals surface area (Å²) in [6.45, 7) is 1.67. The van der Waals surface area contributed by atoms with Crippen molar-refractivity contribution in [1.82, 2.24) is 5.32 Å². The second-order valence-corrected chi connectivity index (χ2v) is 7.70. The number of nitrogens with one attached hydrogen (secondary N) is 1. The first-order valence-corrected chi connectivity index (χ1v) is 9.04. The van der Waals surface area contributed by atoms with Gasteiger partial charge >= 0.3 is 6.09 Å². The van der Waals surface area contributed by atoms with E-state index in [-0.39, 0.29) is 35.7 Å². The monoisotopic (exact) mass is 426 g/mol. The van der Waals surface area contributed by atoms with Gasteiger partial charge in [0.05, 0.1) is 16.0 Å². The molecule has 0 saturated heterocycles. The Balaban J connectivity index is 2.14. The number of nitriles is 1. The number of aliphatic hydroxyl groups is 1. The number of benzene rings is 1. The summed E-state index contributed by atoms with van der Waals surface area (Å²) in [4.78, 5) is 23.5. The molecule has 3 N–H and O–H groups in total. The van der Waals surface area contributed by atoms with Crippen LogP contribution in [0.2, 0.25) is 0 Å². The first kappa shape index (κ1) is 20.3. The Morgan fingerprint density at radius 2 is 2.00 bits per heavy atom. The number of halogens is 2. The summed E-state index contributed by atoms with van der Waals surface area (Å²) in [5.74, 6) is -1.16. The smallest absolute Gasteiger partial charge is 0.404 e. The fourth-order valence-corrected chi connectivity index (χ4v) is 3.95. The lowest BCUT2D eigenvalue weighted by atomic mass is 9.65. The molecule has 1 aromatic rings. The third kappa shape index (κ3) is 4.22. The molecule has 1 aromatic carbocycles. The lowest BCUT2D eigenvalue weighted by Crippen LogP contribution is -2.46. The average Bonchev–Trinajstić information content (AvgIpc) is 2.58. The maximum atomic E-state index is 13.7. The van der Waals surface area contributed by atoms with Gasteiger partial charge in [0.1, 0.15) is 11.4 Å². The maximum Gasteiger partial charge on any atom is 0.404 e. The van der Waals surface area contributed by atoms with Crippen LogP contribution in [0.15, 0.2) is 22.7 Å². The van der Waals surface area contributed by atoms with Gasteiger partial charge in [-0.2, -0.15) is 5.26 Å². The summed E-state index contributed by atoms with van der Waals surface area (Å²) < 4.78 is 13.7. The van der Waals surface area contributed by atoms with E-state index in [0.29, 0.717) is 6.42 Å². The molecule has 1 aliphatic rings. The zero-order valence-electron chi connectivity index (χ0n) is 14.3. The molecule has 1 fully saturated rings. The van der Waals surface area contributed by atoms with Gasteiger partial charge in [0.25, 0.3) is 0 Å². The summed E-state index contributed by atoms with van der Waals surface area (Å²) in [5.41, 5.74) is -2.41. The Kier molecular flexibility index (Phi) is 6.04.